The van der Waals surface area contributed by atoms with Gasteiger partial charge in [-0.15, -0.1) is 11.3 Å². The molecule has 0 aliphatic carbocycles. The highest BCUT2D eigenvalue weighted by Crippen LogP contribution is 2.24. The summed E-state index contributed by atoms with van der Waals surface area (Å²) in [6.07, 6.45) is 0.691. The first-order chi connectivity index (χ1) is 8.00. The lowest BCUT2D eigenvalue weighted by Gasteiger charge is -2.22. The summed E-state index contributed by atoms with van der Waals surface area (Å²) >= 11 is 7.03. The minimum absolute atomic E-state index is 0.00324. The summed E-state index contributed by atoms with van der Waals surface area (Å²) in [6, 6.07) is 3.04. The second kappa shape index (κ2) is 4.66. The highest BCUT2D eigenvalue weighted by Gasteiger charge is 2.35. The number of hydrogen-bond acceptors (Lipinski definition) is 3. The van der Waals surface area contributed by atoms with Crippen LogP contribution >= 0.6 is 22.9 Å². The maximum atomic E-state index is 12.1. The Morgan fingerprint density at radius 1 is 1.59 bits per heavy atom. The Labute approximate surface area is 109 Å². The monoisotopic (exact) mass is 272 g/mol. The predicted molar refractivity (Wildman–Crippen MR) is 67.5 cm³/mol. The van der Waals surface area contributed by atoms with Crippen molar-refractivity contribution in [2.45, 2.75) is 12.5 Å². The zero-order valence-corrected chi connectivity index (χ0v) is 11.2. The highest BCUT2D eigenvalue weighted by molar-refractivity contribution is 7.17. The van der Waals surface area contributed by atoms with E-state index >= 15 is 0 Å². The normalized spacial score (nSPS) is 19.8. The van der Waals surface area contributed by atoms with Crippen LogP contribution in [0.5, 0.6) is 0 Å². The van der Waals surface area contributed by atoms with E-state index in [-0.39, 0.29) is 17.9 Å². The van der Waals surface area contributed by atoms with Gasteiger partial charge in [-0.3, -0.25) is 9.59 Å². The first-order valence-electron chi connectivity index (χ1n) is 5.28. The minimum Gasteiger partial charge on any atom is -0.344 e. The van der Waals surface area contributed by atoms with Gasteiger partial charge in [0, 0.05) is 20.6 Å². The van der Waals surface area contributed by atoms with Gasteiger partial charge in [0.15, 0.2) is 0 Å². The number of thiophene rings is 1. The van der Waals surface area contributed by atoms with Gasteiger partial charge in [-0.1, -0.05) is 11.6 Å². The molecule has 1 aromatic heterocycles. The Morgan fingerprint density at radius 3 is 2.76 bits per heavy atom. The van der Waals surface area contributed by atoms with Gasteiger partial charge in [0.05, 0.1) is 9.21 Å². The van der Waals surface area contributed by atoms with Gasteiger partial charge in [-0.05, 0) is 18.6 Å². The van der Waals surface area contributed by atoms with Crippen LogP contribution < -0.4 is 0 Å². The summed E-state index contributed by atoms with van der Waals surface area (Å²) in [4.78, 5) is 27.6. The lowest BCUT2D eigenvalue weighted by molar-refractivity contribution is -0.130. The Bertz CT molecular complexity index is 460. The van der Waals surface area contributed by atoms with Crippen LogP contribution in [0.15, 0.2) is 12.1 Å². The molecule has 0 aromatic carbocycles. The van der Waals surface area contributed by atoms with E-state index in [1.54, 1.807) is 31.1 Å². The SMILES string of the molecule is CN1CCC(N(C)C(=O)c2ccc(Cl)s2)C1=O. The molecule has 6 heteroatoms. The molecular formula is C11H13ClN2O2S. The fourth-order valence-electron chi connectivity index (χ4n) is 1.91. The quantitative estimate of drug-likeness (QED) is 0.822. The lowest BCUT2D eigenvalue weighted by atomic mass is 10.2. The number of likely N-dealkylation sites (N-methyl/N-ethyl adjacent to an activating group) is 2. The zero-order chi connectivity index (χ0) is 12.6. The van der Waals surface area contributed by atoms with Crippen molar-refractivity contribution in [3.05, 3.63) is 21.3 Å². The molecule has 2 rings (SSSR count). The summed E-state index contributed by atoms with van der Waals surface area (Å²) in [5, 5.41) is 0. The largest absolute Gasteiger partial charge is 0.344 e. The molecular weight excluding hydrogens is 260 g/mol. The third-order valence-electron chi connectivity index (χ3n) is 2.97. The van der Waals surface area contributed by atoms with E-state index in [1.807, 2.05) is 0 Å². The van der Waals surface area contributed by atoms with Crippen LogP contribution in [0.4, 0.5) is 0 Å². The number of carbonyl (C=O) groups excluding carboxylic acids is 2. The molecule has 1 aliphatic rings. The van der Waals surface area contributed by atoms with Crippen LogP contribution in [0.1, 0.15) is 16.1 Å². The number of hydrogen-bond donors (Lipinski definition) is 0. The van der Waals surface area contributed by atoms with E-state index in [0.29, 0.717) is 22.2 Å². The smallest absolute Gasteiger partial charge is 0.264 e. The van der Waals surface area contributed by atoms with Crippen LogP contribution in [-0.2, 0) is 4.79 Å². The van der Waals surface area contributed by atoms with E-state index in [4.69, 9.17) is 11.6 Å². The maximum Gasteiger partial charge on any atom is 0.264 e. The number of carbonyl (C=O) groups is 2. The van der Waals surface area contributed by atoms with Crippen molar-refractivity contribution in [2.75, 3.05) is 20.6 Å². The number of likely N-dealkylation sites (tertiary alicyclic amines) is 1. The minimum atomic E-state index is -0.339. The average Bonchev–Trinajstić information content (AvgIpc) is 2.86. The second-order valence-electron chi connectivity index (χ2n) is 4.08. The topological polar surface area (TPSA) is 40.6 Å². The molecule has 2 amide bonds. The summed E-state index contributed by atoms with van der Waals surface area (Å²) < 4.78 is 0.580. The molecule has 1 saturated heterocycles. The fraction of sp³-hybridized carbons (Fsp3) is 0.455. The summed E-state index contributed by atoms with van der Waals surface area (Å²) in [6.45, 7) is 0.701. The standard InChI is InChI=1S/C11H13ClN2O2S/c1-13-6-5-7(10(13)15)14(2)11(16)8-3-4-9(12)17-8/h3-4,7H,5-6H2,1-2H3. The Balaban J connectivity index is 2.13. The maximum absolute atomic E-state index is 12.1. The van der Waals surface area contributed by atoms with Crippen molar-refractivity contribution in [1.82, 2.24) is 9.80 Å². The van der Waals surface area contributed by atoms with Gasteiger partial charge in [0.1, 0.15) is 6.04 Å². The molecule has 0 spiro atoms. The molecule has 17 heavy (non-hydrogen) atoms. The average molecular weight is 273 g/mol. The van der Waals surface area contributed by atoms with Gasteiger partial charge in [-0.25, -0.2) is 0 Å². The molecule has 1 aromatic rings. The van der Waals surface area contributed by atoms with Gasteiger partial charge < -0.3 is 9.80 Å². The van der Waals surface area contributed by atoms with Crippen LogP contribution in [0.2, 0.25) is 4.34 Å². The van der Waals surface area contributed by atoms with E-state index in [9.17, 15) is 9.59 Å². The first kappa shape index (κ1) is 12.4. The first-order valence-corrected chi connectivity index (χ1v) is 6.47. The summed E-state index contributed by atoms with van der Waals surface area (Å²) in [5.74, 6) is -0.140. The van der Waals surface area contributed by atoms with Gasteiger partial charge in [0.25, 0.3) is 5.91 Å². The van der Waals surface area contributed by atoms with Crippen molar-refractivity contribution >= 4 is 34.8 Å². The molecule has 1 atom stereocenters. The van der Waals surface area contributed by atoms with Crippen molar-refractivity contribution in [3.8, 4) is 0 Å². The number of rotatable bonds is 2. The van der Waals surface area contributed by atoms with E-state index in [2.05, 4.69) is 0 Å². The Hall–Kier alpha value is -1.07. The third-order valence-corrected chi connectivity index (χ3v) is 4.19. The second-order valence-corrected chi connectivity index (χ2v) is 5.80. The van der Waals surface area contributed by atoms with Crippen molar-refractivity contribution < 1.29 is 9.59 Å². The number of halogens is 1. The molecule has 0 radical (unpaired) electrons. The van der Waals surface area contributed by atoms with E-state index in [0.717, 1.165) is 0 Å². The molecule has 1 aliphatic heterocycles. The molecule has 1 unspecified atom stereocenters. The van der Waals surface area contributed by atoms with Crippen LogP contribution in [0, 0.1) is 0 Å². The molecule has 92 valence electrons. The van der Waals surface area contributed by atoms with Crippen LogP contribution in [0.25, 0.3) is 0 Å². The highest BCUT2D eigenvalue weighted by atomic mass is 35.5. The van der Waals surface area contributed by atoms with Crippen LogP contribution in [-0.4, -0.2) is 48.3 Å². The number of nitrogens with zero attached hydrogens (tertiary/aromatic N) is 2. The summed E-state index contributed by atoms with van der Waals surface area (Å²) in [5.41, 5.74) is 0. The van der Waals surface area contributed by atoms with Gasteiger partial charge in [0.2, 0.25) is 5.91 Å². The fourth-order valence-corrected chi connectivity index (χ4v) is 2.93. The van der Waals surface area contributed by atoms with E-state index < -0.39 is 0 Å². The lowest BCUT2D eigenvalue weighted by Crippen LogP contribution is -2.41. The Morgan fingerprint density at radius 2 is 2.29 bits per heavy atom. The summed E-state index contributed by atoms with van der Waals surface area (Å²) in [7, 11) is 3.42. The molecule has 2 heterocycles. The van der Waals surface area contributed by atoms with Gasteiger partial charge in [-0.2, -0.15) is 0 Å². The van der Waals surface area contributed by atoms with Crippen molar-refractivity contribution in [2.24, 2.45) is 0 Å². The Kier molecular flexibility index (Phi) is 3.40. The molecule has 0 saturated carbocycles. The van der Waals surface area contributed by atoms with Crippen molar-refractivity contribution in [1.29, 1.82) is 0 Å². The van der Waals surface area contributed by atoms with E-state index in [1.165, 1.54) is 16.2 Å². The van der Waals surface area contributed by atoms with Crippen LogP contribution in [0.3, 0.4) is 0 Å². The zero-order valence-electron chi connectivity index (χ0n) is 9.64. The predicted octanol–water partition coefficient (Wildman–Crippen LogP) is 1.70. The molecule has 1 fully saturated rings. The van der Waals surface area contributed by atoms with Crippen molar-refractivity contribution in [3.63, 3.8) is 0 Å². The number of amides is 2. The third kappa shape index (κ3) is 2.30. The molecule has 0 bridgehead atoms. The molecule has 0 N–H and O–H groups in total. The molecule has 4 nitrogen and oxygen atoms in total. The van der Waals surface area contributed by atoms with Gasteiger partial charge >= 0.3 is 0 Å².